The average Bonchev–Trinajstić information content (AvgIpc) is 3.09. The third-order valence-corrected chi connectivity index (χ3v) is 3.34. The summed E-state index contributed by atoms with van der Waals surface area (Å²) in [5.41, 5.74) is -0.0312. The van der Waals surface area contributed by atoms with Crippen molar-refractivity contribution in [3.8, 4) is 0 Å². The lowest BCUT2D eigenvalue weighted by molar-refractivity contribution is -0.137. The molecule has 1 aliphatic carbocycles. The van der Waals surface area contributed by atoms with E-state index in [1.165, 1.54) is 13.0 Å². The molecule has 100 valence electrons. The number of halogens is 3. The van der Waals surface area contributed by atoms with Gasteiger partial charge in [0.1, 0.15) is 6.10 Å². The summed E-state index contributed by atoms with van der Waals surface area (Å²) in [5.74, 6) is 0.0710. The van der Waals surface area contributed by atoms with Crippen LogP contribution in [-0.4, -0.2) is 16.3 Å². The zero-order valence-electron chi connectivity index (χ0n) is 9.91. The van der Waals surface area contributed by atoms with Crippen LogP contribution in [0.25, 0.3) is 0 Å². The number of alkyl halides is 3. The maximum atomic E-state index is 12.5. The van der Waals surface area contributed by atoms with Crippen molar-refractivity contribution in [2.45, 2.75) is 38.1 Å². The molecule has 1 saturated carbocycles. The van der Waals surface area contributed by atoms with Crippen LogP contribution in [0.5, 0.6) is 0 Å². The molecule has 2 N–H and O–H groups in total. The van der Waals surface area contributed by atoms with Gasteiger partial charge in [0.2, 0.25) is 0 Å². The van der Waals surface area contributed by atoms with Crippen molar-refractivity contribution < 1.29 is 23.4 Å². The molecular formula is C13H15F3O2. The standard InChI is InChI=1S/C13H15F3O2/c1-7-6-9(13(14,15)16)4-5-10(7)12(18)11(17)8-2-3-8/h4-6,8,11-12,17-18H,2-3H2,1H3. The van der Waals surface area contributed by atoms with Crippen LogP contribution in [-0.2, 0) is 6.18 Å². The minimum atomic E-state index is -4.39. The monoisotopic (exact) mass is 260 g/mol. The van der Waals surface area contributed by atoms with E-state index in [0.717, 1.165) is 25.0 Å². The largest absolute Gasteiger partial charge is 0.416 e. The Bertz CT molecular complexity index is 438. The Kier molecular flexibility index (Phi) is 3.38. The second-order valence-electron chi connectivity index (χ2n) is 4.84. The molecule has 2 unspecified atom stereocenters. The lowest BCUT2D eigenvalue weighted by Crippen LogP contribution is -2.21. The summed E-state index contributed by atoms with van der Waals surface area (Å²) in [6, 6.07) is 3.18. The van der Waals surface area contributed by atoms with Gasteiger partial charge in [-0.1, -0.05) is 6.07 Å². The number of aliphatic hydroxyl groups is 2. The predicted molar refractivity (Wildman–Crippen MR) is 59.9 cm³/mol. The lowest BCUT2D eigenvalue weighted by atomic mass is 9.95. The Labute approximate surface area is 103 Å². The van der Waals surface area contributed by atoms with Crippen molar-refractivity contribution in [1.29, 1.82) is 0 Å². The third-order valence-electron chi connectivity index (χ3n) is 3.34. The van der Waals surface area contributed by atoms with E-state index in [9.17, 15) is 23.4 Å². The molecule has 1 aromatic carbocycles. The fourth-order valence-electron chi connectivity index (χ4n) is 2.06. The number of benzene rings is 1. The van der Waals surface area contributed by atoms with Crippen LogP contribution in [0.4, 0.5) is 13.2 Å². The molecule has 0 bridgehead atoms. The highest BCUT2D eigenvalue weighted by Crippen LogP contribution is 2.39. The zero-order chi connectivity index (χ0) is 13.5. The number of aliphatic hydroxyl groups excluding tert-OH is 2. The Morgan fingerprint density at radius 1 is 1.22 bits per heavy atom. The molecule has 2 atom stereocenters. The molecule has 2 rings (SSSR count). The molecule has 5 heteroatoms. The van der Waals surface area contributed by atoms with Crippen molar-refractivity contribution in [2.24, 2.45) is 5.92 Å². The van der Waals surface area contributed by atoms with Crippen LogP contribution < -0.4 is 0 Å². The quantitative estimate of drug-likeness (QED) is 0.877. The Morgan fingerprint density at radius 2 is 1.83 bits per heavy atom. The second kappa shape index (κ2) is 4.55. The first-order valence-corrected chi connectivity index (χ1v) is 5.84. The van der Waals surface area contributed by atoms with E-state index in [2.05, 4.69) is 0 Å². The second-order valence-corrected chi connectivity index (χ2v) is 4.84. The number of aryl methyl sites for hydroxylation is 1. The van der Waals surface area contributed by atoms with Gasteiger partial charge < -0.3 is 10.2 Å². The normalized spacial score (nSPS) is 19.7. The molecule has 0 saturated heterocycles. The maximum Gasteiger partial charge on any atom is 0.416 e. The van der Waals surface area contributed by atoms with Crippen LogP contribution >= 0.6 is 0 Å². The lowest BCUT2D eigenvalue weighted by Gasteiger charge is -2.20. The van der Waals surface area contributed by atoms with Gasteiger partial charge in [0.15, 0.2) is 0 Å². The molecule has 1 aromatic rings. The summed E-state index contributed by atoms with van der Waals surface area (Å²) in [5, 5.41) is 19.7. The molecule has 2 nitrogen and oxygen atoms in total. The van der Waals surface area contributed by atoms with Gasteiger partial charge >= 0.3 is 6.18 Å². The van der Waals surface area contributed by atoms with Crippen LogP contribution in [0.1, 0.15) is 35.6 Å². The van der Waals surface area contributed by atoms with Gasteiger partial charge in [0.05, 0.1) is 11.7 Å². The van der Waals surface area contributed by atoms with Crippen LogP contribution in [0.2, 0.25) is 0 Å². The third kappa shape index (κ3) is 2.67. The van der Waals surface area contributed by atoms with Crippen molar-refractivity contribution in [1.82, 2.24) is 0 Å². The molecule has 0 amide bonds. The van der Waals surface area contributed by atoms with Gasteiger partial charge in [-0.25, -0.2) is 0 Å². The number of hydrogen-bond donors (Lipinski definition) is 2. The number of rotatable bonds is 3. The van der Waals surface area contributed by atoms with E-state index in [-0.39, 0.29) is 5.92 Å². The molecule has 0 heterocycles. The SMILES string of the molecule is Cc1cc(C(F)(F)F)ccc1C(O)C(O)C1CC1. The van der Waals surface area contributed by atoms with Crippen LogP contribution in [0.3, 0.4) is 0 Å². The average molecular weight is 260 g/mol. The Balaban J connectivity index is 2.24. The van der Waals surface area contributed by atoms with Gasteiger partial charge in [0.25, 0.3) is 0 Å². The van der Waals surface area contributed by atoms with Crippen molar-refractivity contribution in [3.05, 3.63) is 34.9 Å². The predicted octanol–water partition coefficient (Wildman–Crippen LogP) is 2.82. The topological polar surface area (TPSA) is 40.5 Å². The molecule has 18 heavy (non-hydrogen) atoms. The molecule has 0 aliphatic heterocycles. The van der Waals surface area contributed by atoms with Gasteiger partial charge in [-0.2, -0.15) is 13.2 Å². The highest BCUT2D eigenvalue weighted by Gasteiger charge is 2.36. The molecule has 0 radical (unpaired) electrons. The first-order chi connectivity index (χ1) is 8.30. The van der Waals surface area contributed by atoms with Crippen LogP contribution in [0, 0.1) is 12.8 Å². The van der Waals surface area contributed by atoms with Gasteiger partial charge in [-0.15, -0.1) is 0 Å². The first kappa shape index (κ1) is 13.4. The molecule has 1 fully saturated rings. The van der Waals surface area contributed by atoms with Crippen LogP contribution in [0.15, 0.2) is 18.2 Å². The van der Waals surface area contributed by atoms with E-state index in [4.69, 9.17) is 0 Å². The first-order valence-electron chi connectivity index (χ1n) is 5.84. The van der Waals surface area contributed by atoms with Gasteiger partial charge in [-0.3, -0.25) is 0 Å². The van der Waals surface area contributed by atoms with Crippen molar-refractivity contribution in [3.63, 3.8) is 0 Å². The summed E-state index contributed by atoms with van der Waals surface area (Å²) in [7, 11) is 0. The van der Waals surface area contributed by atoms with E-state index in [0.29, 0.717) is 11.1 Å². The zero-order valence-corrected chi connectivity index (χ0v) is 9.91. The van der Waals surface area contributed by atoms with Crippen molar-refractivity contribution >= 4 is 0 Å². The summed E-state index contributed by atoms with van der Waals surface area (Å²) >= 11 is 0. The highest BCUT2D eigenvalue weighted by atomic mass is 19.4. The Morgan fingerprint density at radius 3 is 2.28 bits per heavy atom. The van der Waals surface area contributed by atoms with E-state index < -0.39 is 23.9 Å². The van der Waals surface area contributed by atoms with Crippen molar-refractivity contribution in [2.75, 3.05) is 0 Å². The summed E-state index contributed by atoms with van der Waals surface area (Å²) in [4.78, 5) is 0. The molecule has 0 spiro atoms. The summed E-state index contributed by atoms with van der Waals surface area (Å²) in [6.07, 6.45) is -4.67. The summed E-state index contributed by atoms with van der Waals surface area (Å²) in [6.45, 7) is 1.51. The minimum Gasteiger partial charge on any atom is -0.390 e. The molecular weight excluding hydrogens is 245 g/mol. The highest BCUT2D eigenvalue weighted by molar-refractivity contribution is 5.34. The van der Waals surface area contributed by atoms with E-state index >= 15 is 0 Å². The summed E-state index contributed by atoms with van der Waals surface area (Å²) < 4.78 is 37.5. The number of hydrogen-bond acceptors (Lipinski definition) is 2. The minimum absolute atomic E-state index is 0.0710. The molecule has 0 aromatic heterocycles. The maximum absolute atomic E-state index is 12.5. The van der Waals surface area contributed by atoms with Gasteiger partial charge in [0, 0.05) is 0 Å². The fraction of sp³-hybridized carbons (Fsp3) is 0.538. The molecule has 1 aliphatic rings. The van der Waals surface area contributed by atoms with Gasteiger partial charge in [-0.05, 0) is 48.9 Å². The van der Waals surface area contributed by atoms with E-state index in [1.54, 1.807) is 0 Å². The Hall–Kier alpha value is -1.07. The smallest absolute Gasteiger partial charge is 0.390 e. The van der Waals surface area contributed by atoms with E-state index in [1.807, 2.05) is 0 Å². The fourth-order valence-corrected chi connectivity index (χ4v) is 2.06.